The molecule has 0 radical (unpaired) electrons. The van der Waals surface area contributed by atoms with Crippen LogP contribution in [0, 0.1) is 0 Å². The lowest BCUT2D eigenvalue weighted by Gasteiger charge is -2.00. The zero-order chi connectivity index (χ0) is 15.6. The molecule has 1 aliphatic heterocycles. The van der Waals surface area contributed by atoms with Gasteiger partial charge in [0.15, 0.2) is 11.5 Å². The Morgan fingerprint density at radius 3 is 2.78 bits per heavy atom. The van der Waals surface area contributed by atoms with Gasteiger partial charge in [-0.1, -0.05) is 11.3 Å². The maximum Gasteiger partial charge on any atom is 0.257 e. The van der Waals surface area contributed by atoms with Crippen molar-refractivity contribution in [1.29, 1.82) is 0 Å². The first kappa shape index (κ1) is 13.6. The van der Waals surface area contributed by atoms with E-state index < -0.39 is 0 Å². The van der Waals surface area contributed by atoms with Crippen molar-refractivity contribution in [3.05, 3.63) is 48.3 Å². The zero-order valence-corrected chi connectivity index (χ0v) is 12.5. The number of fused-ring (bicyclic) bond motifs is 1. The predicted molar refractivity (Wildman–Crippen MR) is 83.7 cm³/mol. The SMILES string of the molecule is O=C(Nc1nnc(-c2ccc3c(c2)OCO3)s1)c1ccncc1. The highest BCUT2D eigenvalue weighted by molar-refractivity contribution is 7.18. The van der Waals surface area contributed by atoms with Gasteiger partial charge in [-0.25, -0.2) is 0 Å². The third-order valence-electron chi connectivity index (χ3n) is 3.21. The summed E-state index contributed by atoms with van der Waals surface area (Å²) >= 11 is 1.29. The highest BCUT2D eigenvalue weighted by Gasteiger charge is 2.16. The van der Waals surface area contributed by atoms with E-state index >= 15 is 0 Å². The van der Waals surface area contributed by atoms with E-state index in [4.69, 9.17) is 9.47 Å². The number of hydrogen-bond donors (Lipinski definition) is 1. The molecule has 0 bridgehead atoms. The maximum absolute atomic E-state index is 12.1. The number of nitrogens with one attached hydrogen (secondary N) is 1. The Kier molecular flexibility index (Phi) is 3.35. The Labute approximate surface area is 134 Å². The zero-order valence-electron chi connectivity index (χ0n) is 11.7. The molecule has 3 aromatic rings. The van der Waals surface area contributed by atoms with Crippen molar-refractivity contribution in [2.45, 2.75) is 0 Å². The van der Waals surface area contributed by atoms with Crippen molar-refractivity contribution in [3.8, 4) is 22.1 Å². The molecule has 3 heterocycles. The lowest BCUT2D eigenvalue weighted by molar-refractivity contribution is 0.102. The van der Waals surface area contributed by atoms with E-state index in [0.717, 1.165) is 5.56 Å². The summed E-state index contributed by atoms with van der Waals surface area (Å²) in [5.41, 5.74) is 1.37. The molecule has 4 rings (SSSR count). The van der Waals surface area contributed by atoms with Gasteiger partial charge in [0.05, 0.1) is 0 Å². The van der Waals surface area contributed by atoms with Crippen molar-refractivity contribution in [2.24, 2.45) is 0 Å². The van der Waals surface area contributed by atoms with Crippen molar-refractivity contribution in [1.82, 2.24) is 15.2 Å². The summed E-state index contributed by atoms with van der Waals surface area (Å²) in [5.74, 6) is 1.14. The van der Waals surface area contributed by atoms with Gasteiger partial charge in [-0.2, -0.15) is 0 Å². The number of ether oxygens (including phenoxy) is 2. The van der Waals surface area contributed by atoms with Crippen LogP contribution in [-0.4, -0.2) is 27.9 Å². The Morgan fingerprint density at radius 2 is 1.91 bits per heavy atom. The first-order valence-corrected chi connectivity index (χ1v) is 7.56. The van der Waals surface area contributed by atoms with Gasteiger partial charge in [0.2, 0.25) is 11.9 Å². The fourth-order valence-electron chi connectivity index (χ4n) is 2.09. The molecule has 1 aliphatic rings. The highest BCUT2D eigenvalue weighted by Crippen LogP contribution is 2.37. The first-order chi connectivity index (χ1) is 11.3. The summed E-state index contributed by atoms with van der Waals surface area (Å²) < 4.78 is 10.6. The van der Waals surface area contributed by atoms with E-state index in [1.54, 1.807) is 24.5 Å². The minimum absolute atomic E-state index is 0.224. The summed E-state index contributed by atoms with van der Waals surface area (Å²) in [6.45, 7) is 0.224. The topological polar surface area (TPSA) is 86.2 Å². The quantitative estimate of drug-likeness (QED) is 0.796. The number of carbonyl (C=O) groups is 1. The molecule has 0 saturated heterocycles. The Hall–Kier alpha value is -3.00. The molecular formula is C15H10N4O3S. The van der Waals surface area contributed by atoms with Gasteiger partial charge in [0.1, 0.15) is 5.01 Å². The fourth-order valence-corrected chi connectivity index (χ4v) is 2.83. The molecule has 0 unspecified atom stereocenters. The number of hydrogen-bond acceptors (Lipinski definition) is 7. The first-order valence-electron chi connectivity index (χ1n) is 6.74. The minimum atomic E-state index is -0.249. The molecule has 0 fully saturated rings. The second-order valence-electron chi connectivity index (χ2n) is 4.67. The average molecular weight is 326 g/mol. The van der Waals surface area contributed by atoms with Gasteiger partial charge in [0.25, 0.3) is 5.91 Å². The van der Waals surface area contributed by atoms with Gasteiger partial charge >= 0.3 is 0 Å². The van der Waals surface area contributed by atoms with Crippen LogP contribution in [0.3, 0.4) is 0 Å². The monoisotopic (exact) mass is 326 g/mol. The number of nitrogens with zero attached hydrogens (tertiary/aromatic N) is 3. The van der Waals surface area contributed by atoms with Crippen LogP contribution in [0.1, 0.15) is 10.4 Å². The average Bonchev–Trinajstić information content (AvgIpc) is 3.23. The van der Waals surface area contributed by atoms with E-state index in [1.165, 1.54) is 11.3 Å². The second kappa shape index (κ2) is 5.65. The molecule has 7 nitrogen and oxygen atoms in total. The number of carbonyl (C=O) groups excluding carboxylic acids is 1. The van der Waals surface area contributed by atoms with Crippen molar-refractivity contribution < 1.29 is 14.3 Å². The van der Waals surface area contributed by atoms with Gasteiger partial charge < -0.3 is 9.47 Å². The molecule has 1 N–H and O–H groups in total. The predicted octanol–water partition coefficient (Wildman–Crippen LogP) is 2.58. The van der Waals surface area contributed by atoms with E-state index in [0.29, 0.717) is 27.2 Å². The van der Waals surface area contributed by atoms with E-state index in [2.05, 4.69) is 20.5 Å². The normalized spacial score (nSPS) is 12.2. The molecule has 114 valence electrons. The number of rotatable bonds is 3. The summed E-state index contributed by atoms with van der Waals surface area (Å²) in [6.07, 6.45) is 3.13. The summed E-state index contributed by atoms with van der Waals surface area (Å²) in [7, 11) is 0. The Morgan fingerprint density at radius 1 is 1.09 bits per heavy atom. The number of benzene rings is 1. The van der Waals surface area contributed by atoms with Crippen LogP contribution in [-0.2, 0) is 0 Å². The minimum Gasteiger partial charge on any atom is -0.454 e. The van der Waals surface area contributed by atoms with Crippen molar-refractivity contribution in [2.75, 3.05) is 12.1 Å². The molecule has 0 saturated carbocycles. The standard InChI is InChI=1S/C15H10N4O3S/c20-13(9-3-5-16-6-4-9)17-15-19-18-14(23-15)10-1-2-11-12(7-10)22-8-21-11/h1-7H,8H2,(H,17,19,20). The number of aromatic nitrogens is 3. The van der Waals surface area contributed by atoms with E-state index in [1.807, 2.05) is 18.2 Å². The van der Waals surface area contributed by atoms with Crippen LogP contribution in [0.4, 0.5) is 5.13 Å². The third-order valence-corrected chi connectivity index (χ3v) is 4.10. The molecule has 0 atom stereocenters. The maximum atomic E-state index is 12.1. The molecule has 0 aliphatic carbocycles. The molecule has 1 aromatic carbocycles. The fraction of sp³-hybridized carbons (Fsp3) is 0.0667. The number of anilines is 1. The Balaban J connectivity index is 1.54. The van der Waals surface area contributed by atoms with Crippen LogP contribution in [0.15, 0.2) is 42.7 Å². The van der Waals surface area contributed by atoms with Crippen LogP contribution in [0.25, 0.3) is 10.6 Å². The summed E-state index contributed by atoms with van der Waals surface area (Å²) in [5, 5.41) is 11.9. The number of amides is 1. The van der Waals surface area contributed by atoms with Crippen LogP contribution in [0.2, 0.25) is 0 Å². The lowest BCUT2D eigenvalue weighted by Crippen LogP contribution is -2.11. The van der Waals surface area contributed by atoms with Crippen LogP contribution < -0.4 is 14.8 Å². The highest BCUT2D eigenvalue weighted by atomic mass is 32.1. The molecule has 2 aromatic heterocycles. The summed E-state index contributed by atoms with van der Waals surface area (Å²) in [4.78, 5) is 16.0. The molecular weight excluding hydrogens is 316 g/mol. The van der Waals surface area contributed by atoms with Crippen LogP contribution in [0.5, 0.6) is 11.5 Å². The smallest absolute Gasteiger partial charge is 0.257 e. The van der Waals surface area contributed by atoms with E-state index in [9.17, 15) is 4.79 Å². The second-order valence-corrected chi connectivity index (χ2v) is 5.65. The molecule has 23 heavy (non-hydrogen) atoms. The van der Waals surface area contributed by atoms with Gasteiger partial charge in [-0.15, -0.1) is 10.2 Å². The summed E-state index contributed by atoms with van der Waals surface area (Å²) in [6, 6.07) is 8.82. The molecule has 8 heteroatoms. The van der Waals surface area contributed by atoms with Crippen molar-refractivity contribution in [3.63, 3.8) is 0 Å². The van der Waals surface area contributed by atoms with Crippen LogP contribution >= 0.6 is 11.3 Å². The largest absolute Gasteiger partial charge is 0.454 e. The van der Waals surface area contributed by atoms with E-state index in [-0.39, 0.29) is 12.7 Å². The van der Waals surface area contributed by atoms with Gasteiger partial charge in [0, 0.05) is 23.5 Å². The lowest BCUT2D eigenvalue weighted by atomic mass is 10.2. The Bertz CT molecular complexity index is 866. The number of pyridine rings is 1. The third kappa shape index (κ3) is 2.71. The van der Waals surface area contributed by atoms with Crippen molar-refractivity contribution >= 4 is 22.4 Å². The van der Waals surface area contributed by atoms with Gasteiger partial charge in [-0.05, 0) is 30.3 Å². The van der Waals surface area contributed by atoms with Gasteiger partial charge in [-0.3, -0.25) is 15.1 Å². The molecule has 1 amide bonds. The molecule has 0 spiro atoms.